The zero-order valence-corrected chi connectivity index (χ0v) is 16.3. The minimum atomic E-state index is -0.326. The zero-order chi connectivity index (χ0) is 20.5. The molecule has 3 aromatic carbocycles. The minimum Gasteiger partial charge on any atom is -0.486 e. The van der Waals surface area contributed by atoms with Crippen molar-refractivity contribution in [2.45, 2.75) is 12.5 Å². The summed E-state index contributed by atoms with van der Waals surface area (Å²) in [4.78, 5) is 26.8. The van der Waals surface area contributed by atoms with Crippen LogP contribution >= 0.6 is 0 Å². The van der Waals surface area contributed by atoms with Crippen molar-refractivity contribution in [2.75, 3.05) is 30.0 Å². The average molecular weight is 403 g/mol. The van der Waals surface area contributed by atoms with Gasteiger partial charge in [0.1, 0.15) is 13.2 Å². The highest BCUT2D eigenvalue weighted by atomic mass is 16.6. The van der Waals surface area contributed by atoms with E-state index in [-0.39, 0.29) is 24.4 Å². The first kappa shape index (κ1) is 18.3. The summed E-state index contributed by atoms with van der Waals surface area (Å²) in [6.07, 6.45) is 0.247. The van der Waals surface area contributed by atoms with Gasteiger partial charge in [0.15, 0.2) is 11.5 Å². The molecule has 0 spiro atoms. The normalized spacial score (nSPS) is 17.8. The average Bonchev–Trinajstić information content (AvgIpc) is 3.13. The van der Waals surface area contributed by atoms with Crippen LogP contribution in [-0.2, 0) is 4.79 Å². The van der Waals surface area contributed by atoms with Crippen LogP contribution in [0, 0.1) is 0 Å². The van der Waals surface area contributed by atoms with Gasteiger partial charge in [0.25, 0.3) is 0 Å². The van der Waals surface area contributed by atoms with Gasteiger partial charge < -0.3 is 25.0 Å². The van der Waals surface area contributed by atoms with Crippen LogP contribution in [0.5, 0.6) is 11.5 Å². The molecule has 5 rings (SSSR count). The number of carbonyl (C=O) groups excluding carboxylic acids is 2. The first-order valence-corrected chi connectivity index (χ1v) is 9.93. The monoisotopic (exact) mass is 403 g/mol. The highest BCUT2D eigenvalue weighted by molar-refractivity contribution is 6.02. The molecule has 3 amide bonds. The molecule has 1 fully saturated rings. The van der Waals surface area contributed by atoms with Gasteiger partial charge in [-0.15, -0.1) is 0 Å². The molecule has 30 heavy (non-hydrogen) atoms. The minimum absolute atomic E-state index is 0.0397. The summed E-state index contributed by atoms with van der Waals surface area (Å²) in [5, 5.41) is 7.84. The highest BCUT2D eigenvalue weighted by Crippen LogP contribution is 2.35. The molecule has 7 nitrogen and oxygen atoms in total. The summed E-state index contributed by atoms with van der Waals surface area (Å²) in [6, 6.07) is 18.5. The van der Waals surface area contributed by atoms with E-state index >= 15 is 0 Å². The van der Waals surface area contributed by atoms with Crippen molar-refractivity contribution < 1.29 is 19.1 Å². The maximum absolute atomic E-state index is 12.6. The van der Waals surface area contributed by atoms with E-state index in [1.165, 1.54) is 0 Å². The van der Waals surface area contributed by atoms with E-state index < -0.39 is 0 Å². The summed E-state index contributed by atoms with van der Waals surface area (Å²) in [6.45, 7) is 1.41. The molecular weight excluding hydrogens is 382 g/mol. The Morgan fingerprint density at radius 2 is 1.77 bits per heavy atom. The predicted molar refractivity (Wildman–Crippen MR) is 114 cm³/mol. The van der Waals surface area contributed by atoms with Crippen molar-refractivity contribution in [3.8, 4) is 11.5 Å². The number of benzene rings is 3. The van der Waals surface area contributed by atoms with E-state index in [4.69, 9.17) is 9.47 Å². The van der Waals surface area contributed by atoms with Gasteiger partial charge in [-0.05, 0) is 23.6 Å². The van der Waals surface area contributed by atoms with Crippen LogP contribution < -0.4 is 25.0 Å². The second-order valence-corrected chi connectivity index (χ2v) is 7.36. The summed E-state index contributed by atoms with van der Waals surface area (Å²) in [5.41, 5.74) is 1.47. The first-order chi connectivity index (χ1) is 14.7. The Morgan fingerprint density at radius 1 is 0.967 bits per heavy atom. The molecule has 0 aliphatic carbocycles. The number of nitrogens with zero attached hydrogens (tertiary/aromatic N) is 1. The molecule has 1 atom stereocenters. The van der Waals surface area contributed by atoms with Gasteiger partial charge in [-0.25, -0.2) is 4.79 Å². The van der Waals surface area contributed by atoms with Crippen molar-refractivity contribution in [1.29, 1.82) is 0 Å². The molecule has 1 saturated heterocycles. The third kappa shape index (κ3) is 3.50. The van der Waals surface area contributed by atoms with Crippen LogP contribution in [0.4, 0.5) is 16.2 Å². The quantitative estimate of drug-likeness (QED) is 0.701. The van der Waals surface area contributed by atoms with Crippen LogP contribution in [-0.4, -0.2) is 37.7 Å². The second-order valence-electron chi connectivity index (χ2n) is 7.36. The van der Waals surface area contributed by atoms with E-state index in [0.29, 0.717) is 31.3 Å². The largest absolute Gasteiger partial charge is 0.486 e. The fourth-order valence-corrected chi connectivity index (χ4v) is 3.93. The number of carbonyl (C=O) groups is 2. The molecule has 2 heterocycles. The van der Waals surface area contributed by atoms with Gasteiger partial charge >= 0.3 is 6.03 Å². The molecule has 3 aromatic rings. The fourth-order valence-electron chi connectivity index (χ4n) is 3.93. The lowest BCUT2D eigenvalue weighted by atomic mass is 10.1. The number of amides is 3. The molecule has 2 aliphatic rings. The molecular formula is C23H21N3O4. The lowest BCUT2D eigenvalue weighted by molar-refractivity contribution is -0.117. The van der Waals surface area contributed by atoms with E-state index in [1.807, 2.05) is 60.7 Å². The number of hydrogen-bond donors (Lipinski definition) is 2. The maximum atomic E-state index is 12.6. The Bertz CT molecular complexity index is 1130. The van der Waals surface area contributed by atoms with Crippen LogP contribution in [0.3, 0.4) is 0 Å². The molecule has 7 heteroatoms. The Balaban J connectivity index is 1.26. The van der Waals surface area contributed by atoms with E-state index in [2.05, 4.69) is 10.6 Å². The standard InChI is InChI=1S/C23H21N3O4/c27-22-12-16(14-26(22)17-8-9-20-21(13-17)30-11-10-29-20)24-23(28)25-19-7-3-5-15-4-1-2-6-18(15)19/h1-9,13,16H,10-12,14H2,(H2,24,25,28). The fraction of sp³-hybridized carbons (Fsp3) is 0.217. The molecule has 2 aliphatic heterocycles. The first-order valence-electron chi connectivity index (χ1n) is 9.93. The van der Waals surface area contributed by atoms with Crippen molar-refractivity contribution in [3.05, 3.63) is 60.7 Å². The lowest BCUT2D eigenvalue weighted by Crippen LogP contribution is -2.39. The number of ether oxygens (including phenoxy) is 2. The third-order valence-electron chi connectivity index (χ3n) is 5.34. The molecule has 2 N–H and O–H groups in total. The van der Waals surface area contributed by atoms with Crippen molar-refractivity contribution in [2.24, 2.45) is 0 Å². The van der Waals surface area contributed by atoms with Gasteiger partial charge in [0, 0.05) is 30.1 Å². The summed E-state index contributed by atoms with van der Waals surface area (Å²) < 4.78 is 11.1. The summed E-state index contributed by atoms with van der Waals surface area (Å²) >= 11 is 0. The molecule has 0 saturated carbocycles. The number of rotatable bonds is 3. The zero-order valence-electron chi connectivity index (χ0n) is 16.3. The number of hydrogen-bond acceptors (Lipinski definition) is 4. The SMILES string of the molecule is O=C(Nc1cccc2ccccc12)NC1CC(=O)N(c2ccc3c(c2)OCCO3)C1. The smallest absolute Gasteiger partial charge is 0.319 e. The summed E-state index contributed by atoms with van der Waals surface area (Å²) in [7, 11) is 0. The molecule has 1 unspecified atom stereocenters. The number of nitrogens with one attached hydrogen (secondary N) is 2. The van der Waals surface area contributed by atoms with Gasteiger partial charge in [-0.2, -0.15) is 0 Å². The Labute approximate surface area is 173 Å². The number of fused-ring (bicyclic) bond motifs is 2. The Hall–Kier alpha value is -3.74. The van der Waals surface area contributed by atoms with E-state index in [0.717, 1.165) is 22.1 Å². The predicted octanol–water partition coefficient (Wildman–Crippen LogP) is 3.54. The number of anilines is 2. The van der Waals surface area contributed by atoms with Crippen LogP contribution in [0.1, 0.15) is 6.42 Å². The van der Waals surface area contributed by atoms with Crippen LogP contribution in [0.15, 0.2) is 60.7 Å². The van der Waals surface area contributed by atoms with Gasteiger partial charge in [-0.1, -0.05) is 36.4 Å². The third-order valence-corrected chi connectivity index (χ3v) is 5.34. The number of urea groups is 1. The van der Waals surface area contributed by atoms with Gasteiger partial charge in [0.05, 0.1) is 11.7 Å². The highest BCUT2D eigenvalue weighted by Gasteiger charge is 2.32. The topological polar surface area (TPSA) is 79.9 Å². The summed E-state index contributed by atoms with van der Waals surface area (Å²) in [5.74, 6) is 1.28. The lowest BCUT2D eigenvalue weighted by Gasteiger charge is -2.22. The molecule has 0 radical (unpaired) electrons. The molecule has 152 valence electrons. The maximum Gasteiger partial charge on any atom is 0.319 e. The van der Waals surface area contributed by atoms with Crippen LogP contribution in [0.2, 0.25) is 0 Å². The second kappa shape index (κ2) is 7.59. The van der Waals surface area contributed by atoms with Crippen molar-refractivity contribution in [1.82, 2.24) is 5.32 Å². The Kier molecular flexibility index (Phi) is 4.63. The van der Waals surface area contributed by atoms with E-state index in [1.54, 1.807) is 4.90 Å². The van der Waals surface area contributed by atoms with Gasteiger partial charge in [0.2, 0.25) is 5.91 Å². The van der Waals surface area contributed by atoms with Gasteiger partial charge in [-0.3, -0.25) is 4.79 Å². The van der Waals surface area contributed by atoms with Crippen molar-refractivity contribution >= 4 is 34.1 Å². The van der Waals surface area contributed by atoms with Crippen LogP contribution in [0.25, 0.3) is 10.8 Å². The molecule has 0 aromatic heterocycles. The van der Waals surface area contributed by atoms with Crippen molar-refractivity contribution in [3.63, 3.8) is 0 Å². The Morgan fingerprint density at radius 3 is 2.67 bits per heavy atom. The van der Waals surface area contributed by atoms with E-state index in [9.17, 15) is 9.59 Å². The molecule has 0 bridgehead atoms.